The third-order valence-corrected chi connectivity index (χ3v) is 3.28. The second-order valence-electron chi connectivity index (χ2n) is 4.43. The average Bonchev–Trinajstić information content (AvgIpc) is 2.54. The minimum absolute atomic E-state index is 0.564. The molecule has 0 aliphatic rings. The monoisotopic (exact) mass is 276 g/mol. The van der Waals surface area contributed by atoms with E-state index in [4.69, 9.17) is 10.3 Å². The molecule has 0 saturated carbocycles. The summed E-state index contributed by atoms with van der Waals surface area (Å²) in [5, 5.41) is 4.74. The van der Waals surface area contributed by atoms with E-state index in [2.05, 4.69) is 15.0 Å². The summed E-state index contributed by atoms with van der Waals surface area (Å²) in [6, 6.07) is 15.2. The number of azide groups is 1. The van der Waals surface area contributed by atoms with Gasteiger partial charge in [-0.25, -0.2) is 0 Å². The molecule has 5 heteroatoms. The number of benzene rings is 2. The van der Waals surface area contributed by atoms with Crippen molar-refractivity contribution in [2.75, 3.05) is 7.11 Å². The quantitative estimate of drug-likeness (QED) is 0.389. The van der Waals surface area contributed by atoms with Crippen molar-refractivity contribution in [3.63, 3.8) is 0 Å². The van der Waals surface area contributed by atoms with Crippen molar-refractivity contribution in [2.45, 2.75) is 0 Å². The molecule has 3 aromatic rings. The Morgan fingerprint density at radius 3 is 2.71 bits per heavy atom. The van der Waals surface area contributed by atoms with Crippen LogP contribution in [0.2, 0.25) is 0 Å². The number of pyridine rings is 1. The van der Waals surface area contributed by atoms with Gasteiger partial charge in [0.05, 0.1) is 7.11 Å². The van der Waals surface area contributed by atoms with Crippen LogP contribution >= 0.6 is 0 Å². The maximum Gasteiger partial charge on any atom is 0.152 e. The number of ether oxygens (including phenoxy) is 1. The van der Waals surface area contributed by atoms with Crippen LogP contribution < -0.4 is 4.74 Å². The maximum absolute atomic E-state index is 8.70. The topological polar surface area (TPSA) is 70.9 Å². The lowest BCUT2D eigenvalue weighted by atomic mass is 10.0. The molecule has 0 bridgehead atoms. The van der Waals surface area contributed by atoms with Gasteiger partial charge in [0.25, 0.3) is 0 Å². The van der Waals surface area contributed by atoms with Crippen molar-refractivity contribution in [1.29, 1.82) is 0 Å². The molecule has 0 radical (unpaired) electrons. The van der Waals surface area contributed by atoms with Crippen molar-refractivity contribution in [3.05, 3.63) is 65.2 Å². The summed E-state index contributed by atoms with van der Waals surface area (Å²) in [7, 11) is 1.61. The lowest BCUT2D eigenvalue weighted by Gasteiger charge is -2.12. The minimum Gasteiger partial charge on any atom is -0.494 e. The summed E-state index contributed by atoms with van der Waals surface area (Å²) < 4.78 is 5.55. The molecule has 0 atom stereocenters. The molecule has 0 unspecified atom stereocenters. The maximum atomic E-state index is 8.70. The van der Waals surface area contributed by atoms with Crippen molar-refractivity contribution in [3.8, 4) is 16.9 Å². The smallest absolute Gasteiger partial charge is 0.152 e. The van der Waals surface area contributed by atoms with Crippen LogP contribution in [0.25, 0.3) is 32.5 Å². The molecule has 0 aliphatic carbocycles. The number of fused-ring (bicyclic) bond motifs is 1. The summed E-state index contributed by atoms with van der Waals surface area (Å²) in [6.07, 6.45) is 1.73. The van der Waals surface area contributed by atoms with E-state index in [9.17, 15) is 0 Å². The molecule has 1 heterocycles. The number of nitrogens with zero attached hydrogens (tertiary/aromatic N) is 4. The van der Waals surface area contributed by atoms with Crippen molar-refractivity contribution >= 4 is 16.6 Å². The van der Waals surface area contributed by atoms with Crippen molar-refractivity contribution < 1.29 is 4.74 Å². The zero-order valence-corrected chi connectivity index (χ0v) is 11.4. The lowest BCUT2D eigenvalue weighted by Crippen LogP contribution is -1.91. The fourth-order valence-corrected chi connectivity index (χ4v) is 2.37. The lowest BCUT2D eigenvalue weighted by molar-refractivity contribution is 0.420. The Balaban J connectivity index is 2.33. The molecule has 1 aromatic heterocycles. The largest absolute Gasteiger partial charge is 0.494 e. The molecular weight excluding hydrogens is 264 g/mol. The van der Waals surface area contributed by atoms with E-state index in [1.165, 1.54) is 0 Å². The molecule has 0 spiro atoms. The van der Waals surface area contributed by atoms with Gasteiger partial charge in [0.15, 0.2) is 5.75 Å². The predicted molar refractivity (Wildman–Crippen MR) is 82.5 cm³/mol. The van der Waals surface area contributed by atoms with E-state index < -0.39 is 0 Å². The van der Waals surface area contributed by atoms with Gasteiger partial charge in [-0.3, -0.25) is 4.98 Å². The Hall–Kier alpha value is -3.04. The van der Waals surface area contributed by atoms with Crippen molar-refractivity contribution in [1.82, 2.24) is 4.98 Å². The van der Waals surface area contributed by atoms with Crippen LogP contribution in [-0.4, -0.2) is 12.1 Å². The second-order valence-corrected chi connectivity index (χ2v) is 4.43. The fourth-order valence-electron chi connectivity index (χ4n) is 2.37. The zero-order valence-electron chi connectivity index (χ0n) is 11.4. The molecule has 5 nitrogen and oxygen atoms in total. The molecule has 0 aliphatic heterocycles. The van der Waals surface area contributed by atoms with E-state index >= 15 is 0 Å². The Morgan fingerprint density at radius 1 is 1.05 bits per heavy atom. The Kier molecular flexibility index (Phi) is 3.41. The van der Waals surface area contributed by atoms with E-state index in [1.807, 2.05) is 42.5 Å². The SMILES string of the molecule is COc1c(-c2ccccc2N=[N+]=[N-])ccc2cccnc12. The summed E-state index contributed by atoms with van der Waals surface area (Å²) in [5.41, 5.74) is 11.7. The van der Waals surface area contributed by atoms with E-state index in [0.29, 0.717) is 11.4 Å². The highest BCUT2D eigenvalue weighted by molar-refractivity contribution is 5.94. The first kappa shape index (κ1) is 13.0. The van der Waals surface area contributed by atoms with E-state index in [-0.39, 0.29) is 0 Å². The van der Waals surface area contributed by atoms with Gasteiger partial charge in [-0.2, -0.15) is 0 Å². The van der Waals surface area contributed by atoms with Gasteiger partial charge < -0.3 is 4.74 Å². The van der Waals surface area contributed by atoms with Crippen LogP contribution in [0.1, 0.15) is 0 Å². The average molecular weight is 276 g/mol. The number of rotatable bonds is 3. The fraction of sp³-hybridized carbons (Fsp3) is 0.0625. The van der Waals surface area contributed by atoms with Crippen LogP contribution in [0.3, 0.4) is 0 Å². The third-order valence-electron chi connectivity index (χ3n) is 3.28. The molecule has 21 heavy (non-hydrogen) atoms. The highest BCUT2D eigenvalue weighted by Gasteiger charge is 2.13. The minimum atomic E-state index is 0.564. The Labute approximate surface area is 121 Å². The number of hydrogen-bond donors (Lipinski definition) is 0. The van der Waals surface area contributed by atoms with Crippen LogP contribution in [0, 0.1) is 0 Å². The molecule has 0 amide bonds. The van der Waals surface area contributed by atoms with Crippen LogP contribution in [0.15, 0.2) is 59.8 Å². The highest BCUT2D eigenvalue weighted by atomic mass is 16.5. The first-order valence-electron chi connectivity index (χ1n) is 6.41. The highest BCUT2D eigenvalue weighted by Crippen LogP contribution is 2.39. The van der Waals surface area contributed by atoms with E-state index in [1.54, 1.807) is 19.4 Å². The number of hydrogen-bond acceptors (Lipinski definition) is 3. The van der Waals surface area contributed by atoms with Crippen molar-refractivity contribution in [2.24, 2.45) is 5.11 Å². The predicted octanol–water partition coefficient (Wildman–Crippen LogP) is 4.85. The van der Waals surface area contributed by atoms with Gasteiger partial charge in [-0.1, -0.05) is 41.5 Å². The standard InChI is InChI=1S/C16H12N4O/c1-21-16-13(9-8-11-5-4-10-18-15(11)16)12-6-2-3-7-14(12)19-20-17/h2-10H,1H3. The van der Waals surface area contributed by atoms with Gasteiger partial charge in [-0.15, -0.1) is 0 Å². The van der Waals surface area contributed by atoms with Gasteiger partial charge >= 0.3 is 0 Å². The Bertz CT molecular complexity index is 854. The summed E-state index contributed by atoms with van der Waals surface area (Å²) >= 11 is 0. The molecule has 0 fully saturated rings. The molecule has 2 aromatic carbocycles. The van der Waals surface area contributed by atoms with Crippen LogP contribution in [-0.2, 0) is 0 Å². The zero-order chi connectivity index (χ0) is 14.7. The number of methoxy groups -OCH3 is 1. The molecule has 0 saturated heterocycles. The van der Waals surface area contributed by atoms with Gasteiger partial charge in [-0.05, 0) is 23.2 Å². The van der Waals surface area contributed by atoms with E-state index in [0.717, 1.165) is 22.0 Å². The first-order valence-corrected chi connectivity index (χ1v) is 6.41. The van der Waals surface area contributed by atoms with Gasteiger partial charge in [0.1, 0.15) is 5.52 Å². The third kappa shape index (κ3) is 2.26. The normalized spacial score (nSPS) is 10.1. The Morgan fingerprint density at radius 2 is 1.90 bits per heavy atom. The number of aromatic nitrogens is 1. The van der Waals surface area contributed by atoms with Gasteiger partial charge in [0.2, 0.25) is 0 Å². The molecular formula is C16H12N4O. The second kappa shape index (κ2) is 5.53. The molecule has 3 rings (SSSR count). The summed E-state index contributed by atoms with van der Waals surface area (Å²) in [6.45, 7) is 0. The van der Waals surface area contributed by atoms with Gasteiger partial charge in [0, 0.05) is 27.7 Å². The molecule has 102 valence electrons. The summed E-state index contributed by atoms with van der Waals surface area (Å²) in [5.74, 6) is 0.675. The van der Waals surface area contributed by atoms with Crippen LogP contribution in [0.4, 0.5) is 5.69 Å². The first-order chi connectivity index (χ1) is 10.3. The molecule has 0 N–H and O–H groups in total. The summed E-state index contributed by atoms with van der Waals surface area (Å²) in [4.78, 5) is 7.26. The van der Waals surface area contributed by atoms with Crippen LogP contribution in [0.5, 0.6) is 5.75 Å².